The van der Waals surface area contributed by atoms with E-state index in [4.69, 9.17) is 5.73 Å². The van der Waals surface area contributed by atoms with Crippen LogP contribution in [0.15, 0.2) is 0 Å². The zero-order chi connectivity index (χ0) is 11.1. The zero-order valence-electron chi connectivity index (χ0n) is 10.6. The molecule has 0 saturated heterocycles. The first-order chi connectivity index (χ1) is 7.00. The molecule has 0 amide bonds. The van der Waals surface area contributed by atoms with E-state index in [1.54, 1.807) is 0 Å². The number of nitrogens with two attached hydrogens (primary N) is 1. The van der Waals surface area contributed by atoms with Crippen LogP contribution in [0.1, 0.15) is 52.9 Å². The Morgan fingerprint density at radius 2 is 1.93 bits per heavy atom. The van der Waals surface area contributed by atoms with Gasteiger partial charge in [0.15, 0.2) is 0 Å². The smallest absolute Gasteiger partial charge is 0.00438 e. The van der Waals surface area contributed by atoms with Gasteiger partial charge in [0.1, 0.15) is 0 Å². The molecule has 4 unspecified atom stereocenters. The summed E-state index contributed by atoms with van der Waals surface area (Å²) in [5, 5.41) is 0. The van der Waals surface area contributed by atoms with Gasteiger partial charge in [-0.25, -0.2) is 0 Å². The standard InChI is InChI=1S/C14H27N/c1-14(2,3)13(9-15)8-12-7-10-4-5-11(12)6-10/h10-13H,4-9,15H2,1-3H3. The molecule has 88 valence electrons. The van der Waals surface area contributed by atoms with Crippen molar-refractivity contribution in [2.24, 2.45) is 34.8 Å². The van der Waals surface area contributed by atoms with Crippen LogP contribution in [0.3, 0.4) is 0 Å². The van der Waals surface area contributed by atoms with Crippen molar-refractivity contribution >= 4 is 0 Å². The Morgan fingerprint density at radius 1 is 1.20 bits per heavy atom. The average Bonchev–Trinajstić information content (AvgIpc) is 2.72. The molecule has 15 heavy (non-hydrogen) atoms. The van der Waals surface area contributed by atoms with Crippen molar-refractivity contribution in [1.29, 1.82) is 0 Å². The molecular formula is C14H27N. The Bertz CT molecular complexity index is 216. The first kappa shape index (κ1) is 11.4. The van der Waals surface area contributed by atoms with Crippen LogP contribution >= 0.6 is 0 Å². The molecule has 0 aliphatic heterocycles. The molecule has 2 saturated carbocycles. The molecular weight excluding hydrogens is 182 g/mol. The number of hydrogen-bond donors (Lipinski definition) is 1. The third-order valence-corrected chi connectivity index (χ3v) is 4.98. The molecule has 4 atom stereocenters. The Morgan fingerprint density at radius 3 is 2.33 bits per heavy atom. The van der Waals surface area contributed by atoms with Crippen LogP contribution in [-0.2, 0) is 0 Å². The van der Waals surface area contributed by atoms with Crippen molar-refractivity contribution < 1.29 is 0 Å². The Labute approximate surface area is 94.8 Å². The van der Waals surface area contributed by atoms with Gasteiger partial charge in [0.25, 0.3) is 0 Å². The Hall–Kier alpha value is -0.0400. The molecule has 0 aromatic carbocycles. The largest absolute Gasteiger partial charge is 0.330 e. The summed E-state index contributed by atoms with van der Waals surface area (Å²) in [7, 11) is 0. The van der Waals surface area contributed by atoms with Gasteiger partial charge in [0.2, 0.25) is 0 Å². The molecule has 1 nitrogen and oxygen atoms in total. The molecule has 0 radical (unpaired) electrons. The minimum absolute atomic E-state index is 0.399. The molecule has 2 N–H and O–H groups in total. The number of rotatable bonds is 3. The second kappa shape index (κ2) is 4.08. The van der Waals surface area contributed by atoms with E-state index in [0.29, 0.717) is 5.41 Å². The van der Waals surface area contributed by atoms with Gasteiger partial charge in [-0.15, -0.1) is 0 Å². The summed E-state index contributed by atoms with van der Waals surface area (Å²) in [5.41, 5.74) is 6.33. The molecule has 0 spiro atoms. The van der Waals surface area contributed by atoms with Gasteiger partial charge in [0, 0.05) is 0 Å². The van der Waals surface area contributed by atoms with Crippen LogP contribution in [-0.4, -0.2) is 6.54 Å². The topological polar surface area (TPSA) is 26.0 Å². The maximum atomic E-state index is 5.94. The summed E-state index contributed by atoms with van der Waals surface area (Å²) < 4.78 is 0. The second-order valence-electron chi connectivity index (χ2n) is 6.97. The minimum Gasteiger partial charge on any atom is -0.330 e. The van der Waals surface area contributed by atoms with Crippen LogP contribution in [0, 0.1) is 29.1 Å². The maximum Gasteiger partial charge on any atom is -0.00438 e. The first-order valence-electron chi connectivity index (χ1n) is 6.70. The van der Waals surface area contributed by atoms with Crippen LogP contribution in [0.4, 0.5) is 0 Å². The van der Waals surface area contributed by atoms with Crippen molar-refractivity contribution in [2.75, 3.05) is 6.54 Å². The quantitative estimate of drug-likeness (QED) is 0.757. The van der Waals surface area contributed by atoms with E-state index in [2.05, 4.69) is 20.8 Å². The van der Waals surface area contributed by atoms with E-state index >= 15 is 0 Å². The lowest BCUT2D eigenvalue weighted by Crippen LogP contribution is -2.31. The summed E-state index contributed by atoms with van der Waals surface area (Å²) in [6.45, 7) is 7.91. The van der Waals surface area contributed by atoms with E-state index in [1.807, 2.05) is 0 Å². The van der Waals surface area contributed by atoms with Crippen LogP contribution in [0.5, 0.6) is 0 Å². The van der Waals surface area contributed by atoms with Crippen molar-refractivity contribution in [3.8, 4) is 0 Å². The number of hydrogen-bond acceptors (Lipinski definition) is 1. The van der Waals surface area contributed by atoms with Crippen LogP contribution < -0.4 is 5.73 Å². The molecule has 1 heteroatoms. The average molecular weight is 209 g/mol. The fourth-order valence-corrected chi connectivity index (χ4v) is 3.83. The lowest BCUT2D eigenvalue weighted by molar-refractivity contribution is 0.172. The zero-order valence-corrected chi connectivity index (χ0v) is 10.6. The SMILES string of the molecule is CC(C)(C)C(CN)CC1CC2CCC1C2. The number of fused-ring (bicyclic) bond motifs is 2. The fourth-order valence-electron chi connectivity index (χ4n) is 3.83. The van der Waals surface area contributed by atoms with E-state index in [-0.39, 0.29) is 0 Å². The van der Waals surface area contributed by atoms with Gasteiger partial charge >= 0.3 is 0 Å². The maximum absolute atomic E-state index is 5.94. The Balaban J connectivity index is 1.90. The summed E-state index contributed by atoms with van der Waals surface area (Å²) in [6, 6.07) is 0. The summed E-state index contributed by atoms with van der Waals surface area (Å²) in [4.78, 5) is 0. The normalized spacial score (nSPS) is 37.2. The van der Waals surface area contributed by atoms with Crippen molar-refractivity contribution in [2.45, 2.75) is 52.9 Å². The highest BCUT2D eigenvalue weighted by atomic mass is 14.6. The van der Waals surface area contributed by atoms with Gasteiger partial charge in [-0.3, -0.25) is 0 Å². The van der Waals surface area contributed by atoms with Gasteiger partial charge in [-0.05, 0) is 61.3 Å². The van der Waals surface area contributed by atoms with Gasteiger partial charge in [-0.1, -0.05) is 27.2 Å². The van der Waals surface area contributed by atoms with Crippen molar-refractivity contribution in [3.63, 3.8) is 0 Å². The second-order valence-corrected chi connectivity index (χ2v) is 6.97. The monoisotopic (exact) mass is 209 g/mol. The van der Waals surface area contributed by atoms with E-state index in [9.17, 15) is 0 Å². The van der Waals surface area contributed by atoms with Gasteiger partial charge in [-0.2, -0.15) is 0 Å². The Kier molecular flexibility index (Phi) is 3.12. The van der Waals surface area contributed by atoms with Gasteiger partial charge < -0.3 is 5.73 Å². The summed E-state index contributed by atoms with van der Waals surface area (Å²) in [5.74, 6) is 3.88. The lowest BCUT2D eigenvalue weighted by Gasteiger charge is -2.34. The highest BCUT2D eigenvalue weighted by Crippen LogP contribution is 2.51. The highest BCUT2D eigenvalue weighted by molar-refractivity contribution is 4.92. The molecule has 0 aromatic heterocycles. The third kappa shape index (κ3) is 2.38. The van der Waals surface area contributed by atoms with E-state index in [1.165, 1.54) is 32.1 Å². The van der Waals surface area contributed by atoms with Crippen LogP contribution in [0.2, 0.25) is 0 Å². The molecule has 2 aliphatic carbocycles. The first-order valence-corrected chi connectivity index (χ1v) is 6.70. The van der Waals surface area contributed by atoms with Gasteiger partial charge in [0.05, 0.1) is 0 Å². The predicted molar refractivity (Wildman–Crippen MR) is 65.6 cm³/mol. The third-order valence-electron chi connectivity index (χ3n) is 4.98. The lowest BCUT2D eigenvalue weighted by atomic mass is 9.72. The molecule has 0 heterocycles. The molecule has 2 rings (SSSR count). The van der Waals surface area contributed by atoms with E-state index < -0.39 is 0 Å². The molecule has 2 fully saturated rings. The van der Waals surface area contributed by atoms with Crippen molar-refractivity contribution in [3.05, 3.63) is 0 Å². The fraction of sp³-hybridized carbons (Fsp3) is 1.00. The molecule has 0 aromatic rings. The molecule has 2 aliphatic rings. The summed E-state index contributed by atoms with van der Waals surface area (Å²) >= 11 is 0. The van der Waals surface area contributed by atoms with Crippen LogP contribution in [0.25, 0.3) is 0 Å². The summed E-state index contributed by atoms with van der Waals surface area (Å²) in [6.07, 6.45) is 7.46. The van der Waals surface area contributed by atoms with E-state index in [0.717, 1.165) is 30.2 Å². The highest BCUT2D eigenvalue weighted by Gasteiger charge is 2.41. The predicted octanol–water partition coefficient (Wildman–Crippen LogP) is 3.43. The van der Waals surface area contributed by atoms with Crippen molar-refractivity contribution in [1.82, 2.24) is 0 Å². The molecule has 2 bridgehead atoms. The minimum atomic E-state index is 0.399.